The Kier molecular flexibility index (Phi) is 7.32. The van der Waals surface area contributed by atoms with Gasteiger partial charge in [-0.05, 0) is 12.5 Å². The molecule has 1 fully saturated rings. The van der Waals surface area contributed by atoms with Gasteiger partial charge in [0.05, 0.1) is 28.4 Å². The number of nitrogens with zero attached hydrogens (tertiary/aromatic N) is 2. The summed E-state index contributed by atoms with van der Waals surface area (Å²) in [7, 11) is 0. The summed E-state index contributed by atoms with van der Waals surface area (Å²) in [6.07, 6.45) is 3.66. The fraction of sp³-hybridized carbons (Fsp3) is 0.429. The molecule has 0 aromatic carbocycles. The molecule has 168 valence electrons. The number of allylic oxidation sites excluding steroid dienone is 3. The summed E-state index contributed by atoms with van der Waals surface area (Å²) in [4.78, 5) is 5.87. The van der Waals surface area contributed by atoms with Crippen LogP contribution >= 0.6 is 0 Å². The van der Waals surface area contributed by atoms with Crippen LogP contribution in [0.25, 0.3) is 0 Å². The number of dihydropyridines is 1. The number of aliphatic imine (C=N–C) groups is 1. The van der Waals surface area contributed by atoms with E-state index >= 15 is 0 Å². The van der Waals surface area contributed by atoms with Crippen molar-refractivity contribution in [3.8, 4) is 0 Å². The summed E-state index contributed by atoms with van der Waals surface area (Å²) >= 11 is 0. The first-order chi connectivity index (χ1) is 14.8. The number of rotatable bonds is 6. The molecule has 10 heteroatoms. The Morgan fingerprint density at radius 3 is 2.68 bits per heavy atom. The maximum atomic E-state index is 14.4. The lowest BCUT2D eigenvalue weighted by Crippen LogP contribution is -2.47. The molecular formula is C21H26F4N6. The minimum absolute atomic E-state index is 0.0413. The number of hydrogen-bond donors (Lipinski definition) is 4. The molecule has 6 nitrogen and oxygen atoms in total. The Hall–Kier alpha value is -2.88. The Morgan fingerprint density at radius 1 is 1.26 bits per heavy atom. The van der Waals surface area contributed by atoms with E-state index in [2.05, 4.69) is 20.9 Å². The summed E-state index contributed by atoms with van der Waals surface area (Å²) < 4.78 is 55.5. The molecule has 1 saturated heterocycles. The minimum atomic E-state index is -4.48. The van der Waals surface area contributed by atoms with Gasteiger partial charge in [0.1, 0.15) is 5.83 Å². The van der Waals surface area contributed by atoms with Crippen LogP contribution in [0.4, 0.5) is 17.6 Å². The molecule has 0 unspecified atom stereocenters. The predicted octanol–water partition coefficient (Wildman–Crippen LogP) is 2.92. The SMILES string of the molecule is CC/C=C\N=C1C=C(CNC2=CNCC(C(F)(F)F)=C2N2CCNCC2)C(F)=CC1=N. The molecule has 0 bridgehead atoms. The second-order valence-electron chi connectivity index (χ2n) is 7.24. The molecule has 1 aliphatic carbocycles. The summed E-state index contributed by atoms with van der Waals surface area (Å²) in [5.74, 6) is -0.607. The van der Waals surface area contributed by atoms with Crippen molar-refractivity contribution in [1.29, 1.82) is 5.41 Å². The van der Waals surface area contributed by atoms with Crippen LogP contribution in [0.15, 0.2) is 64.0 Å². The van der Waals surface area contributed by atoms with Crippen LogP contribution in [0.2, 0.25) is 0 Å². The minimum Gasteiger partial charge on any atom is -0.385 e. The van der Waals surface area contributed by atoms with E-state index in [0.29, 0.717) is 31.9 Å². The zero-order valence-corrected chi connectivity index (χ0v) is 17.2. The second-order valence-corrected chi connectivity index (χ2v) is 7.24. The lowest BCUT2D eigenvalue weighted by molar-refractivity contribution is -0.0951. The van der Waals surface area contributed by atoms with E-state index in [-0.39, 0.29) is 35.8 Å². The number of hydrogen-bond acceptors (Lipinski definition) is 6. The monoisotopic (exact) mass is 438 g/mol. The summed E-state index contributed by atoms with van der Waals surface area (Å²) in [6, 6.07) is 0. The fourth-order valence-corrected chi connectivity index (χ4v) is 3.46. The van der Waals surface area contributed by atoms with Gasteiger partial charge in [0.2, 0.25) is 0 Å². The van der Waals surface area contributed by atoms with Crippen LogP contribution in [-0.4, -0.2) is 61.8 Å². The molecule has 31 heavy (non-hydrogen) atoms. The van der Waals surface area contributed by atoms with Gasteiger partial charge in [-0.2, -0.15) is 13.2 Å². The van der Waals surface area contributed by atoms with E-state index in [1.807, 2.05) is 13.0 Å². The summed E-state index contributed by atoms with van der Waals surface area (Å²) in [5, 5.41) is 16.6. The van der Waals surface area contributed by atoms with E-state index in [4.69, 9.17) is 5.41 Å². The van der Waals surface area contributed by atoms with Gasteiger partial charge in [-0.15, -0.1) is 0 Å². The van der Waals surface area contributed by atoms with Gasteiger partial charge in [-0.3, -0.25) is 10.4 Å². The van der Waals surface area contributed by atoms with E-state index in [9.17, 15) is 17.6 Å². The Labute approximate surface area is 178 Å². The van der Waals surface area contributed by atoms with Gasteiger partial charge in [0.15, 0.2) is 0 Å². The van der Waals surface area contributed by atoms with Crippen molar-refractivity contribution in [1.82, 2.24) is 20.9 Å². The second kappa shape index (κ2) is 9.95. The van der Waals surface area contributed by atoms with Crippen LogP contribution in [0.1, 0.15) is 13.3 Å². The van der Waals surface area contributed by atoms with Gasteiger partial charge >= 0.3 is 6.18 Å². The largest absolute Gasteiger partial charge is 0.416 e. The fourth-order valence-electron chi connectivity index (χ4n) is 3.46. The molecule has 0 saturated carbocycles. The van der Waals surface area contributed by atoms with Gasteiger partial charge < -0.3 is 20.9 Å². The number of halogens is 4. The molecule has 3 rings (SSSR count). The number of alkyl halides is 3. The van der Waals surface area contributed by atoms with Gasteiger partial charge in [0, 0.05) is 63.3 Å². The molecule has 0 aromatic heterocycles. The molecule has 0 radical (unpaired) electrons. The van der Waals surface area contributed by atoms with Crippen molar-refractivity contribution >= 4 is 11.4 Å². The average molecular weight is 438 g/mol. The van der Waals surface area contributed by atoms with Crippen LogP contribution < -0.4 is 16.0 Å². The molecule has 0 aromatic rings. The van der Waals surface area contributed by atoms with Crippen LogP contribution in [0, 0.1) is 5.41 Å². The third-order valence-electron chi connectivity index (χ3n) is 5.03. The lowest BCUT2D eigenvalue weighted by atomic mass is 10.0. The Morgan fingerprint density at radius 2 is 2.00 bits per heavy atom. The lowest BCUT2D eigenvalue weighted by Gasteiger charge is -2.37. The molecule has 2 heterocycles. The van der Waals surface area contributed by atoms with Crippen LogP contribution in [-0.2, 0) is 0 Å². The van der Waals surface area contributed by atoms with Gasteiger partial charge in [0.25, 0.3) is 0 Å². The maximum absolute atomic E-state index is 14.4. The quantitative estimate of drug-likeness (QED) is 0.380. The summed E-state index contributed by atoms with van der Waals surface area (Å²) in [5.41, 5.74) is 0.176. The van der Waals surface area contributed by atoms with Crippen molar-refractivity contribution < 1.29 is 17.6 Å². The zero-order valence-electron chi connectivity index (χ0n) is 17.2. The van der Waals surface area contributed by atoms with Crippen LogP contribution in [0.5, 0.6) is 0 Å². The molecule has 4 N–H and O–H groups in total. The molecule has 0 spiro atoms. The standard InChI is InChI=1S/C21H26F4N6/c1-2-3-4-29-18-9-14(16(22)10-17(18)26)11-30-19-13-28-12-15(21(23,24)25)20(19)31-7-5-27-6-8-31/h3-4,9-10,13,26-28,30H,2,5-8,11-12H2,1H3/b4-3-,26-17?,29-18?. The Bertz CT molecular complexity index is 886. The van der Waals surface area contributed by atoms with Crippen molar-refractivity contribution in [3.63, 3.8) is 0 Å². The number of piperazine rings is 1. The Balaban J connectivity index is 1.84. The first-order valence-electron chi connectivity index (χ1n) is 10.1. The topological polar surface area (TPSA) is 75.5 Å². The van der Waals surface area contributed by atoms with Crippen molar-refractivity contribution in [2.45, 2.75) is 19.5 Å². The highest BCUT2D eigenvalue weighted by Crippen LogP contribution is 2.33. The van der Waals surface area contributed by atoms with E-state index in [0.717, 1.165) is 12.5 Å². The zero-order chi connectivity index (χ0) is 22.4. The first kappa shape index (κ1) is 22.8. The normalized spacial score (nSPS) is 21.8. The molecule has 2 aliphatic heterocycles. The molecule has 0 atom stereocenters. The van der Waals surface area contributed by atoms with E-state index in [1.165, 1.54) is 12.3 Å². The average Bonchev–Trinajstić information content (AvgIpc) is 2.74. The van der Waals surface area contributed by atoms with Gasteiger partial charge in [-0.1, -0.05) is 13.0 Å². The molecular weight excluding hydrogens is 412 g/mol. The highest BCUT2D eigenvalue weighted by molar-refractivity contribution is 6.50. The third kappa shape index (κ3) is 5.63. The predicted molar refractivity (Wildman–Crippen MR) is 113 cm³/mol. The molecule has 0 amide bonds. The van der Waals surface area contributed by atoms with Crippen molar-refractivity contribution in [2.75, 3.05) is 39.3 Å². The smallest absolute Gasteiger partial charge is 0.385 e. The first-order valence-corrected chi connectivity index (χ1v) is 10.1. The maximum Gasteiger partial charge on any atom is 0.416 e. The van der Waals surface area contributed by atoms with Crippen molar-refractivity contribution in [3.05, 3.63) is 59.0 Å². The highest BCUT2D eigenvalue weighted by Gasteiger charge is 2.40. The summed E-state index contributed by atoms with van der Waals surface area (Å²) in [6.45, 7) is 3.66. The van der Waals surface area contributed by atoms with Gasteiger partial charge in [-0.25, -0.2) is 4.39 Å². The third-order valence-corrected chi connectivity index (χ3v) is 5.03. The highest BCUT2D eigenvalue weighted by atomic mass is 19.4. The molecule has 3 aliphatic rings. The van der Waals surface area contributed by atoms with E-state index < -0.39 is 17.6 Å². The van der Waals surface area contributed by atoms with Crippen LogP contribution in [0.3, 0.4) is 0 Å². The van der Waals surface area contributed by atoms with Crippen molar-refractivity contribution in [2.24, 2.45) is 4.99 Å². The van der Waals surface area contributed by atoms with E-state index in [1.54, 1.807) is 11.1 Å². The number of nitrogens with one attached hydrogen (secondary N) is 4.